The zero-order chi connectivity index (χ0) is 6.00. The molecule has 0 rings (SSSR count). The summed E-state index contributed by atoms with van der Waals surface area (Å²) in [6.07, 6.45) is 0. The average molecular weight is 180 g/mol. The number of hydrogen-bond donors (Lipinski definition) is 0. The molecule has 0 aromatic rings. The van der Waals surface area contributed by atoms with Gasteiger partial charge in [0.15, 0.2) is 0 Å². The Morgan fingerprint density at radius 1 is 0.625 bits per heavy atom. The molecule has 1 unspecified atom stereocenters. The van der Waals surface area contributed by atoms with Crippen molar-refractivity contribution in [3.8, 4) is 0 Å². The fraction of sp³-hybridized carbons (Fsp3) is 0.500. The predicted molar refractivity (Wildman–Crippen MR) is 44.2 cm³/mol. The van der Waals surface area contributed by atoms with Crippen molar-refractivity contribution in [1.82, 2.24) is 0 Å². The van der Waals surface area contributed by atoms with Crippen LogP contribution in [0.2, 0.25) is 0 Å². The first-order valence-corrected chi connectivity index (χ1v) is 2.12. The SMILES string of the molecule is P.[CH2-]C.[CH2-]C.[CH2-]C.[Co+3]. The third-order valence-corrected chi connectivity index (χ3v) is 0. The Hall–Kier alpha value is 0.936. The van der Waals surface area contributed by atoms with Gasteiger partial charge in [0.05, 0.1) is 0 Å². The molecule has 0 heterocycles. The largest absolute Gasteiger partial charge is 3.00 e. The third kappa shape index (κ3) is 279. The van der Waals surface area contributed by atoms with Crippen molar-refractivity contribution in [2.24, 2.45) is 0 Å². The average Bonchev–Trinajstić information content (AvgIpc) is 1.81. The van der Waals surface area contributed by atoms with E-state index in [1.165, 1.54) is 0 Å². The molecular weight excluding hydrogens is 162 g/mol. The van der Waals surface area contributed by atoms with E-state index in [2.05, 4.69) is 20.8 Å². The predicted octanol–water partition coefficient (Wildman–Crippen LogP) is 2.58. The zero-order valence-electron chi connectivity index (χ0n) is 6.16. The molecule has 0 aliphatic heterocycles. The van der Waals surface area contributed by atoms with Crippen LogP contribution >= 0.6 is 9.90 Å². The van der Waals surface area contributed by atoms with Crippen molar-refractivity contribution in [3.63, 3.8) is 0 Å². The summed E-state index contributed by atoms with van der Waals surface area (Å²) in [7, 11) is 0. The van der Waals surface area contributed by atoms with Gasteiger partial charge in [-0.2, -0.15) is 30.7 Å². The van der Waals surface area contributed by atoms with Gasteiger partial charge in [-0.1, -0.05) is 0 Å². The standard InChI is InChI=1S/3C2H5.Co.H3P/c3*1-2;;/h3*1H2,2H3;;1H3/q3*-1;+3;. The van der Waals surface area contributed by atoms with Crippen molar-refractivity contribution < 1.29 is 16.8 Å². The Morgan fingerprint density at radius 2 is 0.625 bits per heavy atom. The van der Waals surface area contributed by atoms with Crippen LogP contribution < -0.4 is 0 Å². The maximum atomic E-state index is 3.25. The van der Waals surface area contributed by atoms with Gasteiger partial charge in [-0.05, 0) is 0 Å². The molecule has 2 heteroatoms. The molecule has 0 aromatic carbocycles. The van der Waals surface area contributed by atoms with Crippen LogP contribution in [-0.2, 0) is 16.8 Å². The van der Waals surface area contributed by atoms with Gasteiger partial charge in [0.1, 0.15) is 0 Å². The van der Waals surface area contributed by atoms with E-state index in [9.17, 15) is 0 Å². The van der Waals surface area contributed by atoms with E-state index in [1.807, 2.05) is 0 Å². The molecule has 0 spiro atoms. The van der Waals surface area contributed by atoms with Gasteiger partial charge in [0, 0.05) is 0 Å². The summed E-state index contributed by atoms with van der Waals surface area (Å²) in [5, 5.41) is 0. The summed E-state index contributed by atoms with van der Waals surface area (Å²) >= 11 is 0. The minimum atomic E-state index is 0. The molecule has 0 saturated heterocycles. The fourth-order valence-electron chi connectivity index (χ4n) is 0. The van der Waals surface area contributed by atoms with Gasteiger partial charge in [0.2, 0.25) is 0 Å². The van der Waals surface area contributed by atoms with Gasteiger partial charge in [-0.15, -0.1) is 0 Å². The molecular formula is C6H18CoP. The Labute approximate surface area is 68.6 Å². The van der Waals surface area contributed by atoms with Crippen LogP contribution in [0.5, 0.6) is 0 Å². The van der Waals surface area contributed by atoms with Crippen LogP contribution in [0.3, 0.4) is 0 Å². The number of rotatable bonds is 0. The van der Waals surface area contributed by atoms with Crippen LogP contribution in [0.25, 0.3) is 0 Å². The van der Waals surface area contributed by atoms with E-state index in [0.29, 0.717) is 0 Å². The van der Waals surface area contributed by atoms with Crippen LogP contribution in [0.4, 0.5) is 0 Å². The molecule has 0 aromatic heterocycles. The summed E-state index contributed by atoms with van der Waals surface area (Å²) in [5.74, 6) is 0. The van der Waals surface area contributed by atoms with Crippen molar-refractivity contribution in [3.05, 3.63) is 20.8 Å². The summed E-state index contributed by atoms with van der Waals surface area (Å²) in [5.41, 5.74) is 0. The van der Waals surface area contributed by atoms with Crippen LogP contribution in [0.15, 0.2) is 0 Å². The molecule has 56 valence electrons. The van der Waals surface area contributed by atoms with Gasteiger partial charge in [-0.25, -0.2) is 0 Å². The van der Waals surface area contributed by atoms with Gasteiger partial charge < -0.3 is 20.8 Å². The second-order valence-electron chi connectivity index (χ2n) is 0. The molecule has 0 N–H and O–H groups in total. The molecule has 0 amide bonds. The molecule has 0 fully saturated rings. The minimum absolute atomic E-state index is 0. The van der Waals surface area contributed by atoms with Gasteiger partial charge in [-0.3, -0.25) is 0 Å². The Kier molecular flexibility index (Phi) is 1980. The Bertz CT molecular complexity index is 8.49. The molecule has 0 aliphatic rings. The van der Waals surface area contributed by atoms with E-state index in [0.717, 1.165) is 0 Å². The maximum Gasteiger partial charge on any atom is 3.00 e. The van der Waals surface area contributed by atoms with Crippen LogP contribution in [0, 0.1) is 20.8 Å². The van der Waals surface area contributed by atoms with E-state index in [-0.39, 0.29) is 26.7 Å². The van der Waals surface area contributed by atoms with Crippen LogP contribution in [-0.4, -0.2) is 0 Å². The van der Waals surface area contributed by atoms with E-state index in [1.54, 1.807) is 20.8 Å². The van der Waals surface area contributed by atoms with Gasteiger partial charge in [0.25, 0.3) is 0 Å². The molecule has 8 heavy (non-hydrogen) atoms. The molecule has 0 bridgehead atoms. The van der Waals surface area contributed by atoms with E-state index >= 15 is 0 Å². The van der Waals surface area contributed by atoms with Crippen molar-refractivity contribution in [1.29, 1.82) is 0 Å². The van der Waals surface area contributed by atoms with Crippen molar-refractivity contribution in [2.75, 3.05) is 0 Å². The van der Waals surface area contributed by atoms with E-state index < -0.39 is 0 Å². The molecule has 0 nitrogen and oxygen atoms in total. The smallest absolute Gasteiger partial charge is 0.346 e. The van der Waals surface area contributed by atoms with Crippen molar-refractivity contribution in [2.45, 2.75) is 20.8 Å². The van der Waals surface area contributed by atoms with Crippen molar-refractivity contribution >= 4 is 9.90 Å². The maximum absolute atomic E-state index is 3.25. The zero-order valence-corrected chi connectivity index (χ0v) is 8.62. The Balaban J connectivity index is -0.00000000500. The monoisotopic (exact) mass is 180 g/mol. The third-order valence-electron chi connectivity index (χ3n) is 0. The number of hydrogen-bond acceptors (Lipinski definition) is 0. The quantitative estimate of drug-likeness (QED) is 0.397. The van der Waals surface area contributed by atoms with E-state index in [4.69, 9.17) is 0 Å². The van der Waals surface area contributed by atoms with Gasteiger partial charge >= 0.3 is 16.8 Å². The summed E-state index contributed by atoms with van der Waals surface area (Å²) in [4.78, 5) is 0. The minimum Gasteiger partial charge on any atom is -0.346 e. The normalized spacial score (nSPS) is 2.25. The second-order valence-corrected chi connectivity index (χ2v) is 0. The first-order valence-electron chi connectivity index (χ1n) is 2.12. The first kappa shape index (κ1) is 36.3. The summed E-state index contributed by atoms with van der Waals surface area (Å²) in [6, 6.07) is 0. The Morgan fingerprint density at radius 3 is 0.625 bits per heavy atom. The topological polar surface area (TPSA) is 0 Å². The molecule has 0 saturated carbocycles. The molecule has 0 aliphatic carbocycles. The fourth-order valence-corrected chi connectivity index (χ4v) is 0. The first-order chi connectivity index (χ1) is 3.00. The van der Waals surface area contributed by atoms with Crippen LogP contribution in [0.1, 0.15) is 20.8 Å². The molecule has 1 atom stereocenters. The second kappa shape index (κ2) is 435. The summed E-state index contributed by atoms with van der Waals surface area (Å²) < 4.78 is 0. The summed E-state index contributed by atoms with van der Waals surface area (Å²) in [6.45, 7) is 15.0. The molecule has 0 radical (unpaired) electrons.